The summed E-state index contributed by atoms with van der Waals surface area (Å²) in [5.74, 6) is -0.868. The molecule has 0 saturated carbocycles. The minimum absolute atomic E-state index is 0.0399. The van der Waals surface area contributed by atoms with Crippen LogP contribution in [0.1, 0.15) is 15.9 Å². The van der Waals surface area contributed by atoms with Crippen LogP contribution in [0.2, 0.25) is 5.02 Å². The number of carbonyl (C=O) groups excluding carboxylic acids is 1. The number of rotatable bonds is 7. The molecular formula is C21H12ClFN2O6. The Morgan fingerprint density at radius 2 is 1.61 bits per heavy atom. The smallest absolute Gasteiger partial charge is 0.312 e. The molecule has 0 unspecified atom stereocenters. The molecule has 156 valence electrons. The fourth-order valence-corrected chi connectivity index (χ4v) is 2.76. The highest BCUT2D eigenvalue weighted by Gasteiger charge is 2.17. The predicted molar refractivity (Wildman–Crippen MR) is 111 cm³/mol. The van der Waals surface area contributed by atoms with Gasteiger partial charge in [-0.15, -0.1) is 0 Å². The average molecular weight is 443 g/mol. The molecule has 3 rings (SSSR count). The Labute approximate surface area is 179 Å². The lowest BCUT2D eigenvalue weighted by Crippen LogP contribution is -1.97. The van der Waals surface area contributed by atoms with E-state index >= 15 is 0 Å². The molecule has 0 aliphatic carbocycles. The number of nitro groups is 2. The van der Waals surface area contributed by atoms with Gasteiger partial charge in [-0.1, -0.05) is 23.7 Å². The third-order valence-corrected chi connectivity index (χ3v) is 4.40. The molecule has 10 heteroatoms. The second kappa shape index (κ2) is 9.14. The molecular weight excluding hydrogens is 431 g/mol. The van der Waals surface area contributed by atoms with Crippen molar-refractivity contribution in [2.45, 2.75) is 0 Å². The third-order valence-electron chi connectivity index (χ3n) is 4.08. The summed E-state index contributed by atoms with van der Waals surface area (Å²) >= 11 is 5.73. The standard InChI is InChI=1S/C21H12ClFN2O6/c22-17-8-3-14(12-18(17)24(27)28)20(26)9-1-13-2-10-21(19(11-13)25(29)30)31-16-6-4-15(23)5-7-16/h1-12H/b9-1+. The Balaban J connectivity index is 1.84. The van der Waals surface area contributed by atoms with Gasteiger partial charge in [0, 0.05) is 17.7 Å². The van der Waals surface area contributed by atoms with E-state index in [1.807, 2.05) is 0 Å². The SMILES string of the molecule is O=C(/C=C/c1ccc(Oc2ccc(F)cc2)c([N+](=O)[O-])c1)c1ccc(Cl)c([N+](=O)[O-])c1. The molecule has 0 fully saturated rings. The van der Waals surface area contributed by atoms with Crippen molar-refractivity contribution < 1.29 is 23.8 Å². The fourth-order valence-electron chi connectivity index (χ4n) is 2.57. The van der Waals surface area contributed by atoms with Crippen molar-refractivity contribution in [3.63, 3.8) is 0 Å². The van der Waals surface area contributed by atoms with Gasteiger partial charge in [0.1, 0.15) is 16.6 Å². The molecule has 0 N–H and O–H groups in total. The van der Waals surface area contributed by atoms with Crippen LogP contribution >= 0.6 is 11.6 Å². The van der Waals surface area contributed by atoms with E-state index in [-0.39, 0.29) is 27.8 Å². The van der Waals surface area contributed by atoms with Gasteiger partial charge in [-0.3, -0.25) is 25.0 Å². The van der Waals surface area contributed by atoms with Crippen molar-refractivity contribution >= 4 is 34.8 Å². The summed E-state index contributed by atoms with van der Waals surface area (Å²) in [6.07, 6.45) is 2.46. The van der Waals surface area contributed by atoms with Gasteiger partial charge in [0.25, 0.3) is 5.69 Å². The van der Waals surface area contributed by atoms with Crippen molar-refractivity contribution in [3.8, 4) is 11.5 Å². The first kappa shape index (κ1) is 21.6. The Kier molecular flexibility index (Phi) is 6.37. The average Bonchev–Trinajstić information content (AvgIpc) is 2.74. The van der Waals surface area contributed by atoms with Gasteiger partial charge in [-0.25, -0.2) is 4.39 Å². The number of hydrogen-bond acceptors (Lipinski definition) is 6. The maximum atomic E-state index is 13.0. The minimum Gasteiger partial charge on any atom is -0.450 e. The molecule has 0 atom stereocenters. The van der Waals surface area contributed by atoms with Crippen LogP contribution in [0.15, 0.2) is 66.7 Å². The molecule has 3 aromatic rings. The zero-order valence-corrected chi connectivity index (χ0v) is 16.3. The summed E-state index contributed by atoms with van der Waals surface area (Å²) in [6, 6.07) is 12.6. The molecule has 0 aliphatic heterocycles. The van der Waals surface area contributed by atoms with Gasteiger partial charge < -0.3 is 4.74 Å². The summed E-state index contributed by atoms with van der Waals surface area (Å²) in [4.78, 5) is 33.3. The summed E-state index contributed by atoms with van der Waals surface area (Å²) in [6.45, 7) is 0. The summed E-state index contributed by atoms with van der Waals surface area (Å²) in [5, 5.41) is 22.3. The molecule has 0 spiro atoms. The number of ketones is 1. The highest BCUT2D eigenvalue weighted by atomic mass is 35.5. The highest BCUT2D eigenvalue weighted by molar-refractivity contribution is 6.32. The van der Waals surface area contributed by atoms with Crippen LogP contribution in [0.4, 0.5) is 15.8 Å². The van der Waals surface area contributed by atoms with Crippen molar-refractivity contribution in [1.29, 1.82) is 0 Å². The maximum absolute atomic E-state index is 13.0. The van der Waals surface area contributed by atoms with Gasteiger partial charge >= 0.3 is 5.69 Å². The van der Waals surface area contributed by atoms with Crippen molar-refractivity contribution in [2.75, 3.05) is 0 Å². The van der Waals surface area contributed by atoms with Crippen LogP contribution in [0.25, 0.3) is 6.08 Å². The quantitative estimate of drug-likeness (QED) is 0.192. The fraction of sp³-hybridized carbons (Fsp3) is 0. The Bertz CT molecular complexity index is 1210. The van der Waals surface area contributed by atoms with E-state index in [1.165, 1.54) is 48.5 Å². The number of carbonyl (C=O) groups is 1. The molecule has 0 aromatic heterocycles. The van der Waals surface area contributed by atoms with Gasteiger partial charge in [-0.2, -0.15) is 0 Å². The van der Waals surface area contributed by atoms with E-state index in [1.54, 1.807) is 0 Å². The van der Waals surface area contributed by atoms with Crippen molar-refractivity contribution in [2.24, 2.45) is 0 Å². The maximum Gasteiger partial charge on any atom is 0.312 e. The first-order valence-corrected chi connectivity index (χ1v) is 9.00. The molecule has 0 saturated heterocycles. The molecule has 0 radical (unpaired) electrons. The number of ether oxygens (including phenoxy) is 1. The minimum atomic E-state index is -0.702. The first-order chi connectivity index (χ1) is 14.7. The normalized spacial score (nSPS) is 10.8. The number of allylic oxidation sites excluding steroid dienone is 1. The first-order valence-electron chi connectivity index (χ1n) is 8.63. The number of nitrogens with zero attached hydrogens (tertiary/aromatic N) is 2. The van der Waals surface area contributed by atoms with Crippen LogP contribution < -0.4 is 4.74 Å². The van der Waals surface area contributed by atoms with Crippen LogP contribution in [-0.2, 0) is 0 Å². The molecule has 0 aliphatic rings. The van der Waals surface area contributed by atoms with E-state index < -0.39 is 27.1 Å². The topological polar surface area (TPSA) is 113 Å². The second-order valence-corrected chi connectivity index (χ2v) is 6.57. The van der Waals surface area contributed by atoms with Crippen molar-refractivity contribution in [3.05, 3.63) is 109 Å². The van der Waals surface area contributed by atoms with Gasteiger partial charge in [0.05, 0.1) is 9.85 Å². The zero-order valence-electron chi connectivity index (χ0n) is 15.5. The van der Waals surface area contributed by atoms with Gasteiger partial charge in [-0.05, 0) is 54.1 Å². The summed E-state index contributed by atoms with van der Waals surface area (Å²) in [5.41, 5.74) is -0.395. The lowest BCUT2D eigenvalue weighted by molar-refractivity contribution is -0.385. The summed E-state index contributed by atoms with van der Waals surface area (Å²) in [7, 11) is 0. The lowest BCUT2D eigenvalue weighted by Gasteiger charge is -2.07. The second-order valence-electron chi connectivity index (χ2n) is 6.16. The Morgan fingerprint density at radius 1 is 0.935 bits per heavy atom. The molecule has 3 aromatic carbocycles. The predicted octanol–water partition coefficient (Wildman–Crippen LogP) is 5.98. The number of hydrogen-bond donors (Lipinski definition) is 0. The Hall–Kier alpha value is -4.11. The third kappa shape index (κ3) is 5.28. The van der Waals surface area contributed by atoms with Crippen LogP contribution in [-0.4, -0.2) is 15.6 Å². The van der Waals surface area contributed by atoms with E-state index in [9.17, 15) is 29.4 Å². The van der Waals surface area contributed by atoms with E-state index in [2.05, 4.69) is 0 Å². The van der Waals surface area contributed by atoms with E-state index in [0.717, 1.165) is 24.3 Å². The largest absolute Gasteiger partial charge is 0.450 e. The Morgan fingerprint density at radius 3 is 2.26 bits per heavy atom. The van der Waals surface area contributed by atoms with Crippen LogP contribution in [0.5, 0.6) is 11.5 Å². The molecule has 0 heterocycles. The lowest BCUT2D eigenvalue weighted by atomic mass is 10.1. The van der Waals surface area contributed by atoms with E-state index in [4.69, 9.17) is 16.3 Å². The monoisotopic (exact) mass is 442 g/mol. The van der Waals surface area contributed by atoms with E-state index in [0.29, 0.717) is 5.56 Å². The number of benzene rings is 3. The molecule has 0 amide bonds. The zero-order chi connectivity index (χ0) is 22.5. The van der Waals surface area contributed by atoms with Gasteiger partial charge in [0.15, 0.2) is 5.78 Å². The molecule has 0 bridgehead atoms. The van der Waals surface area contributed by atoms with Crippen LogP contribution in [0, 0.1) is 26.0 Å². The summed E-state index contributed by atoms with van der Waals surface area (Å²) < 4.78 is 18.4. The number of nitro benzene ring substituents is 2. The van der Waals surface area contributed by atoms with Gasteiger partial charge in [0.2, 0.25) is 5.75 Å². The van der Waals surface area contributed by atoms with Crippen molar-refractivity contribution in [1.82, 2.24) is 0 Å². The highest BCUT2D eigenvalue weighted by Crippen LogP contribution is 2.32. The number of halogens is 2. The van der Waals surface area contributed by atoms with Crippen LogP contribution in [0.3, 0.4) is 0 Å². The molecule has 31 heavy (non-hydrogen) atoms. The molecule has 8 nitrogen and oxygen atoms in total.